The Bertz CT molecular complexity index is 860. The van der Waals surface area contributed by atoms with Crippen LogP contribution in [0, 0.1) is 0 Å². The van der Waals surface area contributed by atoms with E-state index in [1.165, 1.54) is 25.3 Å². The van der Waals surface area contributed by atoms with E-state index in [1.807, 2.05) is 23.9 Å². The molecule has 140 valence electrons. The van der Waals surface area contributed by atoms with Gasteiger partial charge >= 0.3 is 0 Å². The fraction of sp³-hybridized carbons (Fsp3) is 0.217. The molecule has 3 rings (SSSR count). The SMILES string of the molecule is CCN(CC)c1cccc(Sc2ccccc2Sc2ccc(OC)cc2)c1. The van der Waals surface area contributed by atoms with Crippen LogP contribution in [0.3, 0.4) is 0 Å². The molecule has 3 aromatic rings. The average molecular weight is 396 g/mol. The minimum Gasteiger partial charge on any atom is -0.497 e. The van der Waals surface area contributed by atoms with E-state index in [9.17, 15) is 0 Å². The number of anilines is 1. The zero-order chi connectivity index (χ0) is 19.1. The first-order valence-corrected chi connectivity index (χ1v) is 10.8. The molecular formula is C23H25NOS2. The second-order valence-electron chi connectivity index (χ2n) is 6.00. The van der Waals surface area contributed by atoms with Crippen LogP contribution in [0.15, 0.2) is 92.4 Å². The van der Waals surface area contributed by atoms with Crippen LogP contribution < -0.4 is 9.64 Å². The van der Waals surface area contributed by atoms with Gasteiger partial charge in [-0.15, -0.1) is 0 Å². The molecule has 0 radical (unpaired) electrons. The molecule has 0 amide bonds. The van der Waals surface area contributed by atoms with E-state index in [4.69, 9.17) is 4.74 Å². The highest BCUT2D eigenvalue weighted by Crippen LogP contribution is 2.39. The van der Waals surface area contributed by atoms with E-state index in [-0.39, 0.29) is 0 Å². The standard InChI is InChI=1S/C23H25NOS2/c1-4-24(5-2)18-9-8-10-21(17-18)27-23-12-7-6-11-22(23)26-20-15-13-19(25-3)14-16-20/h6-17H,4-5H2,1-3H3. The lowest BCUT2D eigenvalue weighted by Gasteiger charge is -2.21. The molecule has 2 nitrogen and oxygen atoms in total. The zero-order valence-corrected chi connectivity index (χ0v) is 17.6. The van der Waals surface area contributed by atoms with E-state index in [0.29, 0.717) is 0 Å². The number of hydrogen-bond acceptors (Lipinski definition) is 4. The van der Waals surface area contributed by atoms with Gasteiger partial charge in [0.15, 0.2) is 0 Å². The predicted octanol–water partition coefficient (Wildman–Crippen LogP) is 6.84. The molecule has 4 heteroatoms. The Hall–Kier alpha value is -2.04. The van der Waals surface area contributed by atoms with Crippen LogP contribution in [0.2, 0.25) is 0 Å². The number of methoxy groups -OCH3 is 1. The fourth-order valence-corrected chi connectivity index (χ4v) is 4.84. The van der Waals surface area contributed by atoms with E-state index < -0.39 is 0 Å². The summed E-state index contributed by atoms with van der Waals surface area (Å²) in [5, 5.41) is 0. The number of hydrogen-bond donors (Lipinski definition) is 0. The van der Waals surface area contributed by atoms with Crippen molar-refractivity contribution in [2.75, 3.05) is 25.1 Å². The summed E-state index contributed by atoms with van der Waals surface area (Å²) in [4.78, 5) is 7.39. The van der Waals surface area contributed by atoms with Crippen LogP contribution in [0.25, 0.3) is 0 Å². The van der Waals surface area contributed by atoms with E-state index in [1.54, 1.807) is 18.9 Å². The Kier molecular flexibility index (Phi) is 7.13. The third-order valence-electron chi connectivity index (χ3n) is 4.31. The molecule has 0 aromatic heterocycles. The molecule has 0 atom stereocenters. The molecule has 0 spiro atoms. The zero-order valence-electron chi connectivity index (χ0n) is 16.0. The summed E-state index contributed by atoms with van der Waals surface area (Å²) in [5.41, 5.74) is 1.28. The van der Waals surface area contributed by atoms with Gasteiger partial charge in [0, 0.05) is 38.4 Å². The lowest BCUT2D eigenvalue weighted by atomic mass is 10.3. The largest absolute Gasteiger partial charge is 0.497 e. The van der Waals surface area contributed by atoms with Crippen molar-refractivity contribution in [2.45, 2.75) is 33.4 Å². The Morgan fingerprint density at radius 2 is 1.37 bits per heavy atom. The van der Waals surface area contributed by atoms with Gasteiger partial charge < -0.3 is 9.64 Å². The van der Waals surface area contributed by atoms with Gasteiger partial charge in [0.1, 0.15) is 5.75 Å². The molecule has 0 saturated heterocycles. The summed E-state index contributed by atoms with van der Waals surface area (Å²) in [6.07, 6.45) is 0. The van der Waals surface area contributed by atoms with Crippen LogP contribution in [-0.2, 0) is 0 Å². The Morgan fingerprint density at radius 3 is 1.96 bits per heavy atom. The maximum atomic E-state index is 5.25. The molecular weight excluding hydrogens is 370 g/mol. The summed E-state index contributed by atoms with van der Waals surface area (Å²) in [6, 6.07) is 25.6. The van der Waals surface area contributed by atoms with Gasteiger partial charge in [0.2, 0.25) is 0 Å². The maximum Gasteiger partial charge on any atom is 0.118 e. The molecule has 0 heterocycles. The van der Waals surface area contributed by atoms with Crippen molar-refractivity contribution in [1.82, 2.24) is 0 Å². The molecule has 0 aliphatic rings. The lowest BCUT2D eigenvalue weighted by molar-refractivity contribution is 0.414. The van der Waals surface area contributed by atoms with Gasteiger partial charge in [0.25, 0.3) is 0 Å². The van der Waals surface area contributed by atoms with Gasteiger partial charge in [-0.05, 0) is 68.4 Å². The summed E-state index contributed by atoms with van der Waals surface area (Å²) in [5.74, 6) is 0.884. The minimum absolute atomic E-state index is 0.884. The van der Waals surface area contributed by atoms with Crippen molar-refractivity contribution in [3.63, 3.8) is 0 Å². The van der Waals surface area contributed by atoms with Gasteiger partial charge in [-0.3, -0.25) is 0 Å². The summed E-state index contributed by atoms with van der Waals surface area (Å²) in [6.45, 7) is 6.44. The first-order valence-electron chi connectivity index (χ1n) is 9.17. The van der Waals surface area contributed by atoms with Crippen molar-refractivity contribution < 1.29 is 4.74 Å². The third kappa shape index (κ3) is 5.24. The second-order valence-corrected chi connectivity index (χ2v) is 8.23. The molecule has 27 heavy (non-hydrogen) atoms. The Balaban J connectivity index is 1.80. The van der Waals surface area contributed by atoms with Gasteiger partial charge in [-0.1, -0.05) is 41.7 Å². The van der Waals surface area contributed by atoms with Crippen LogP contribution in [0.5, 0.6) is 5.75 Å². The number of benzene rings is 3. The molecule has 0 aliphatic carbocycles. The van der Waals surface area contributed by atoms with Crippen molar-refractivity contribution >= 4 is 29.2 Å². The highest BCUT2D eigenvalue weighted by molar-refractivity contribution is 8.02. The lowest BCUT2D eigenvalue weighted by Crippen LogP contribution is -2.21. The topological polar surface area (TPSA) is 12.5 Å². The molecule has 0 bridgehead atoms. The Morgan fingerprint density at radius 1 is 0.741 bits per heavy atom. The van der Waals surface area contributed by atoms with Crippen molar-refractivity contribution in [2.24, 2.45) is 0 Å². The van der Waals surface area contributed by atoms with Gasteiger partial charge in [0.05, 0.1) is 7.11 Å². The third-order valence-corrected chi connectivity index (χ3v) is 6.59. The average Bonchev–Trinajstić information content (AvgIpc) is 2.71. The summed E-state index contributed by atoms with van der Waals surface area (Å²) in [7, 11) is 1.69. The molecule has 3 aromatic carbocycles. The van der Waals surface area contributed by atoms with Crippen LogP contribution in [0.4, 0.5) is 5.69 Å². The maximum absolute atomic E-state index is 5.25. The smallest absolute Gasteiger partial charge is 0.118 e. The highest BCUT2D eigenvalue weighted by atomic mass is 32.2. The molecule has 0 N–H and O–H groups in total. The highest BCUT2D eigenvalue weighted by Gasteiger charge is 2.08. The number of rotatable bonds is 8. The van der Waals surface area contributed by atoms with Crippen molar-refractivity contribution in [3.8, 4) is 5.75 Å². The fourth-order valence-electron chi connectivity index (χ4n) is 2.85. The monoisotopic (exact) mass is 395 g/mol. The van der Waals surface area contributed by atoms with Crippen LogP contribution >= 0.6 is 23.5 Å². The van der Waals surface area contributed by atoms with E-state index in [2.05, 4.69) is 79.4 Å². The second kappa shape index (κ2) is 9.77. The van der Waals surface area contributed by atoms with Crippen molar-refractivity contribution in [3.05, 3.63) is 72.8 Å². The molecule has 0 fully saturated rings. The number of ether oxygens (including phenoxy) is 1. The normalized spacial score (nSPS) is 10.6. The van der Waals surface area contributed by atoms with Crippen LogP contribution in [0.1, 0.15) is 13.8 Å². The van der Waals surface area contributed by atoms with Crippen LogP contribution in [-0.4, -0.2) is 20.2 Å². The van der Waals surface area contributed by atoms with E-state index in [0.717, 1.165) is 18.8 Å². The molecule has 0 unspecified atom stereocenters. The first kappa shape index (κ1) is 19.7. The van der Waals surface area contributed by atoms with Gasteiger partial charge in [-0.25, -0.2) is 0 Å². The minimum atomic E-state index is 0.884. The number of nitrogens with zero attached hydrogens (tertiary/aromatic N) is 1. The predicted molar refractivity (Wildman–Crippen MR) is 118 cm³/mol. The summed E-state index contributed by atoms with van der Waals surface area (Å²) < 4.78 is 5.25. The van der Waals surface area contributed by atoms with Gasteiger partial charge in [-0.2, -0.15) is 0 Å². The molecule has 0 aliphatic heterocycles. The van der Waals surface area contributed by atoms with Crippen molar-refractivity contribution in [1.29, 1.82) is 0 Å². The van der Waals surface area contributed by atoms with E-state index >= 15 is 0 Å². The first-order chi connectivity index (χ1) is 13.2. The summed E-state index contributed by atoms with van der Waals surface area (Å²) >= 11 is 3.61. The Labute approximate surface area is 170 Å². The quantitative estimate of drug-likeness (QED) is 0.413. The molecule has 0 saturated carbocycles.